The summed E-state index contributed by atoms with van der Waals surface area (Å²) < 4.78 is 0. The van der Waals surface area contributed by atoms with Crippen molar-refractivity contribution >= 4 is 52.4 Å². The predicted molar refractivity (Wildman–Crippen MR) is 96.8 cm³/mol. The van der Waals surface area contributed by atoms with Crippen LogP contribution in [0.15, 0.2) is 42.5 Å². The Morgan fingerprint density at radius 2 is 1.75 bits per heavy atom. The summed E-state index contributed by atoms with van der Waals surface area (Å²) in [7, 11) is 0. The number of carboxylic acid groups (broad SMARTS) is 1. The maximum absolute atomic E-state index is 12.1. The summed E-state index contributed by atoms with van der Waals surface area (Å²) in [5.41, 5.74) is 1.28. The van der Waals surface area contributed by atoms with Crippen molar-refractivity contribution in [2.45, 2.75) is 6.54 Å². The van der Waals surface area contributed by atoms with Crippen LogP contribution in [0.3, 0.4) is 0 Å². The number of thiocarbonyl (C=S) groups is 1. The van der Waals surface area contributed by atoms with Crippen molar-refractivity contribution in [2.75, 3.05) is 0 Å². The van der Waals surface area contributed by atoms with E-state index in [0.29, 0.717) is 11.6 Å². The highest BCUT2D eigenvalue weighted by Gasteiger charge is 2.12. The first kappa shape index (κ1) is 18.2. The molecule has 0 fully saturated rings. The SMILES string of the molecule is O=C(O)c1ccc(CNC(=S)NC(=O)c2ccc(Cl)cc2Cl)cc1. The second-order valence-electron chi connectivity index (χ2n) is 4.76. The van der Waals surface area contributed by atoms with Crippen LogP contribution in [-0.2, 0) is 6.54 Å². The third-order valence-electron chi connectivity index (χ3n) is 3.06. The first-order chi connectivity index (χ1) is 11.4. The Hall–Kier alpha value is -2.15. The highest BCUT2D eigenvalue weighted by atomic mass is 35.5. The van der Waals surface area contributed by atoms with Gasteiger partial charge in [0.1, 0.15) is 0 Å². The van der Waals surface area contributed by atoms with E-state index in [9.17, 15) is 9.59 Å². The number of nitrogens with one attached hydrogen (secondary N) is 2. The number of carbonyl (C=O) groups excluding carboxylic acids is 1. The molecule has 24 heavy (non-hydrogen) atoms. The van der Waals surface area contributed by atoms with Gasteiger partial charge in [0.25, 0.3) is 5.91 Å². The summed E-state index contributed by atoms with van der Waals surface area (Å²) in [4.78, 5) is 22.9. The fraction of sp³-hybridized carbons (Fsp3) is 0.0625. The van der Waals surface area contributed by atoms with Crippen LogP contribution in [0.2, 0.25) is 10.0 Å². The van der Waals surface area contributed by atoms with Gasteiger partial charge in [-0.25, -0.2) is 4.79 Å². The summed E-state index contributed by atoms with van der Waals surface area (Å²) in [6.07, 6.45) is 0. The molecule has 0 saturated heterocycles. The molecule has 0 aromatic heterocycles. The fourth-order valence-electron chi connectivity index (χ4n) is 1.84. The summed E-state index contributed by atoms with van der Waals surface area (Å²) in [5.74, 6) is -1.44. The Kier molecular flexibility index (Phi) is 6.14. The molecule has 5 nitrogen and oxygen atoms in total. The van der Waals surface area contributed by atoms with Crippen LogP contribution in [0.5, 0.6) is 0 Å². The topological polar surface area (TPSA) is 78.4 Å². The van der Waals surface area contributed by atoms with E-state index in [1.165, 1.54) is 24.3 Å². The molecule has 0 bridgehead atoms. The molecule has 0 radical (unpaired) electrons. The smallest absolute Gasteiger partial charge is 0.335 e. The Labute approximate surface area is 153 Å². The van der Waals surface area contributed by atoms with E-state index in [-0.39, 0.29) is 21.3 Å². The van der Waals surface area contributed by atoms with Gasteiger partial charge in [0.2, 0.25) is 0 Å². The normalized spacial score (nSPS) is 10.1. The van der Waals surface area contributed by atoms with Gasteiger partial charge in [-0.05, 0) is 48.1 Å². The van der Waals surface area contributed by atoms with Gasteiger partial charge < -0.3 is 10.4 Å². The van der Waals surface area contributed by atoms with Crippen LogP contribution >= 0.6 is 35.4 Å². The lowest BCUT2D eigenvalue weighted by Gasteiger charge is -2.10. The molecule has 2 aromatic rings. The van der Waals surface area contributed by atoms with Crippen molar-refractivity contribution in [2.24, 2.45) is 0 Å². The van der Waals surface area contributed by atoms with Crippen molar-refractivity contribution < 1.29 is 14.7 Å². The maximum Gasteiger partial charge on any atom is 0.335 e. The zero-order valence-electron chi connectivity index (χ0n) is 12.2. The second-order valence-corrected chi connectivity index (χ2v) is 6.01. The van der Waals surface area contributed by atoms with E-state index in [1.54, 1.807) is 18.2 Å². The number of amides is 1. The number of hydrogen-bond acceptors (Lipinski definition) is 3. The minimum atomic E-state index is -0.989. The minimum absolute atomic E-state index is 0.133. The molecule has 0 spiro atoms. The number of carbonyl (C=O) groups is 2. The molecule has 2 rings (SSSR count). The standard InChI is InChI=1S/C16H12Cl2N2O3S/c17-11-5-6-12(13(18)7-11)14(21)20-16(24)19-8-9-1-3-10(4-2-9)15(22)23/h1-7H,8H2,(H,22,23)(H2,19,20,21,24). The predicted octanol–water partition coefficient (Wildman–Crippen LogP) is 3.50. The lowest BCUT2D eigenvalue weighted by atomic mass is 10.1. The van der Waals surface area contributed by atoms with Gasteiger partial charge in [-0.2, -0.15) is 0 Å². The summed E-state index contributed by atoms with van der Waals surface area (Å²) >= 11 is 16.8. The molecule has 1 amide bonds. The number of aromatic carboxylic acids is 1. The van der Waals surface area contributed by atoms with Gasteiger partial charge in [0, 0.05) is 11.6 Å². The number of carboxylic acids is 1. The fourth-order valence-corrected chi connectivity index (χ4v) is 2.49. The molecular weight excluding hydrogens is 371 g/mol. The van der Waals surface area contributed by atoms with Gasteiger partial charge in [-0.3, -0.25) is 10.1 Å². The number of benzene rings is 2. The lowest BCUT2D eigenvalue weighted by Crippen LogP contribution is -2.38. The third kappa shape index (κ3) is 4.92. The average molecular weight is 383 g/mol. The first-order valence-electron chi connectivity index (χ1n) is 6.73. The molecule has 0 saturated carbocycles. The van der Waals surface area contributed by atoms with Crippen LogP contribution in [-0.4, -0.2) is 22.1 Å². The van der Waals surface area contributed by atoms with Crippen LogP contribution in [0.1, 0.15) is 26.3 Å². The monoisotopic (exact) mass is 382 g/mol. The number of rotatable bonds is 4. The van der Waals surface area contributed by atoms with Gasteiger partial charge in [0.15, 0.2) is 5.11 Å². The van der Waals surface area contributed by atoms with Crippen LogP contribution < -0.4 is 10.6 Å². The largest absolute Gasteiger partial charge is 0.478 e. The first-order valence-corrected chi connectivity index (χ1v) is 7.89. The molecule has 0 unspecified atom stereocenters. The van der Waals surface area contributed by atoms with Gasteiger partial charge in [0.05, 0.1) is 16.1 Å². The van der Waals surface area contributed by atoms with Crippen molar-refractivity contribution in [3.05, 3.63) is 69.2 Å². The van der Waals surface area contributed by atoms with Gasteiger partial charge in [-0.1, -0.05) is 35.3 Å². The number of halogens is 2. The number of hydrogen-bond donors (Lipinski definition) is 3. The Morgan fingerprint density at radius 1 is 1.08 bits per heavy atom. The quantitative estimate of drug-likeness (QED) is 0.705. The highest BCUT2D eigenvalue weighted by molar-refractivity contribution is 7.80. The summed E-state index contributed by atoms with van der Waals surface area (Å²) in [6.45, 7) is 0.341. The van der Waals surface area contributed by atoms with Gasteiger partial charge >= 0.3 is 5.97 Å². The maximum atomic E-state index is 12.1. The van der Waals surface area contributed by atoms with E-state index in [1.807, 2.05) is 0 Å². The van der Waals surface area contributed by atoms with Crippen molar-refractivity contribution in [1.82, 2.24) is 10.6 Å². The van der Waals surface area contributed by atoms with E-state index in [0.717, 1.165) is 5.56 Å². The van der Waals surface area contributed by atoms with Crippen LogP contribution in [0, 0.1) is 0 Å². The lowest BCUT2D eigenvalue weighted by molar-refractivity contribution is 0.0696. The Balaban J connectivity index is 1.90. The molecule has 124 valence electrons. The summed E-state index contributed by atoms with van der Waals surface area (Å²) in [5, 5.41) is 15.0. The summed E-state index contributed by atoms with van der Waals surface area (Å²) in [6, 6.07) is 10.9. The molecule has 0 aliphatic rings. The van der Waals surface area contributed by atoms with Crippen LogP contribution in [0.25, 0.3) is 0 Å². The molecule has 0 heterocycles. The van der Waals surface area contributed by atoms with E-state index < -0.39 is 11.9 Å². The highest BCUT2D eigenvalue weighted by Crippen LogP contribution is 2.20. The zero-order chi connectivity index (χ0) is 17.7. The van der Waals surface area contributed by atoms with Crippen molar-refractivity contribution in [3.8, 4) is 0 Å². The minimum Gasteiger partial charge on any atom is -0.478 e. The molecule has 0 atom stereocenters. The van der Waals surface area contributed by atoms with E-state index >= 15 is 0 Å². The molecule has 0 aliphatic carbocycles. The molecule has 8 heteroatoms. The second kappa shape index (κ2) is 8.10. The molecule has 3 N–H and O–H groups in total. The average Bonchev–Trinajstić information content (AvgIpc) is 2.53. The van der Waals surface area contributed by atoms with Crippen LogP contribution in [0.4, 0.5) is 0 Å². The zero-order valence-corrected chi connectivity index (χ0v) is 14.5. The van der Waals surface area contributed by atoms with Gasteiger partial charge in [-0.15, -0.1) is 0 Å². The molecule has 0 aliphatic heterocycles. The van der Waals surface area contributed by atoms with E-state index in [4.69, 9.17) is 40.5 Å². The van der Waals surface area contributed by atoms with Crippen molar-refractivity contribution in [1.29, 1.82) is 0 Å². The third-order valence-corrected chi connectivity index (χ3v) is 3.85. The molecular formula is C16H12Cl2N2O3S. The van der Waals surface area contributed by atoms with Crippen molar-refractivity contribution in [3.63, 3.8) is 0 Å². The Bertz CT molecular complexity index is 794. The Morgan fingerprint density at radius 3 is 2.33 bits per heavy atom. The molecule has 2 aromatic carbocycles. The van der Waals surface area contributed by atoms with E-state index in [2.05, 4.69) is 10.6 Å².